The molecule has 2 rings (SSSR count). The van der Waals surface area contributed by atoms with E-state index < -0.39 is 16.7 Å². The zero-order valence-electron chi connectivity index (χ0n) is 11.4. The molecule has 0 spiro atoms. The lowest BCUT2D eigenvalue weighted by Crippen LogP contribution is -2.41. The summed E-state index contributed by atoms with van der Waals surface area (Å²) in [5.74, 6) is -1.17. The molecule has 23 heavy (non-hydrogen) atoms. The van der Waals surface area contributed by atoms with Crippen LogP contribution in [0.4, 0.5) is 5.69 Å². The van der Waals surface area contributed by atoms with E-state index in [0.717, 1.165) is 0 Å². The van der Waals surface area contributed by atoms with Gasteiger partial charge in [0.25, 0.3) is 17.5 Å². The van der Waals surface area contributed by atoms with E-state index in [1.807, 2.05) is 0 Å². The Morgan fingerprint density at radius 2 is 1.65 bits per heavy atom. The quantitative estimate of drug-likeness (QED) is 0.613. The van der Waals surface area contributed by atoms with E-state index in [4.69, 9.17) is 11.6 Å². The average Bonchev–Trinajstić information content (AvgIpc) is 2.54. The minimum absolute atomic E-state index is 0.131. The number of hydrogen-bond acceptors (Lipinski definition) is 4. The topological polar surface area (TPSA) is 101 Å². The summed E-state index contributed by atoms with van der Waals surface area (Å²) in [6.45, 7) is 0. The fourth-order valence-corrected chi connectivity index (χ4v) is 2.26. The maximum absolute atomic E-state index is 12.0. The molecule has 118 valence electrons. The first-order valence-electron chi connectivity index (χ1n) is 6.18. The number of halogens is 2. The number of nitro groups is 1. The maximum atomic E-state index is 12.0. The highest BCUT2D eigenvalue weighted by Crippen LogP contribution is 2.20. The number of non-ortho nitro benzene ring substituents is 1. The van der Waals surface area contributed by atoms with Crippen LogP contribution in [0.15, 0.2) is 46.9 Å². The summed E-state index contributed by atoms with van der Waals surface area (Å²) in [5.41, 5.74) is 4.75. The minimum atomic E-state index is -0.605. The monoisotopic (exact) mass is 397 g/mol. The van der Waals surface area contributed by atoms with Crippen LogP contribution in [-0.2, 0) is 0 Å². The van der Waals surface area contributed by atoms with Crippen LogP contribution in [0.3, 0.4) is 0 Å². The molecule has 2 N–H and O–H groups in total. The van der Waals surface area contributed by atoms with Crippen molar-refractivity contribution in [2.45, 2.75) is 0 Å². The average molecular weight is 399 g/mol. The third kappa shape index (κ3) is 4.27. The van der Waals surface area contributed by atoms with Gasteiger partial charge in [0.1, 0.15) is 0 Å². The number of hydrogen-bond donors (Lipinski definition) is 2. The van der Waals surface area contributed by atoms with Gasteiger partial charge in [0.2, 0.25) is 0 Å². The summed E-state index contributed by atoms with van der Waals surface area (Å²) in [4.78, 5) is 33.8. The molecule has 7 nitrogen and oxygen atoms in total. The number of amides is 2. The van der Waals surface area contributed by atoms with Crippen LogP contribution in [0.25, 0.3) is 0 Å². The van der Waals surface area contributed by atoms with Crippen molar-refractivity contribution < 1.29 is 14.5 Å². The van der Waals surface area contributed by atoms with E-state index in [1.54, 1.807) is 12.1 Å². The molecule has 9 heteroatoms. The number of nitro benzene ring substituents is 1. The van der Waals surface area contributed by atoms with Crippen LogP contribution in [0.2, 0.25) is 5.02 Å². The third-order valence-corrected chi connectivity index (χ3v) is 3.73. The van der Waals surface area contributed by atoms with Gasteiger partial charge in [-0.05, 0) is 46.3 Å². The summed E-state index contributed by atoms with van der Waals surface area (Å²) < 4.78 is 0.518. The van der Waals surface area contributed by atoms with Crippen LogP contribution in [0.1, 0.15) is 20.7 Å². The minimum Gasteiger partial charge on any atom is -0.267 e. The molecule has 2 aromatic rings. The first-order valence-corrected chi connectivity index (χ1v) is 7.36. The number of benzene rings is 2. The van der Waals surface area contributed by atoms with Crippen LogP contribution in [0.5, 0.6) is 0 Å². The van der Waals surface area contributed by atoms with Gasteiger partial charge >= 0.3 is 0 Å². The molecule has 0 aliphatic carbocycles. The van der Waals surface area contributed by atoms with Gasteiger partial charge in [-0.15, -0.1) is 0 Å². The van der Waals surface area contributed by atoms with Gasteiger partial charge in [0.05, 0.1) is 10.5 Å². The summed E-state index contributed by atoms with van der Waals surface area (Å²) in [6.07, 6.45) is 0. The molecule has 0 bridgehead atoms. The van der Waals surface area contributed by atoms with E-state index in [2.05, 4.69) is 26.8 Å². The van der Waals surface area contributed by atoms with Gasteiger partial charge in [0, 0.05) is 27.2 Å². The fraction of sp³-hybridized carbons (Fsp3) is 0. The lowest BCUT2D eigenvalue weighted by atomic mass is 10.2. The summed E-state index contributed by atoms with van der Waals surface area (Å²) in [5, 5.41) is 10.9. The highest BCUT2D eigenvalue weighted by Gasteiger charge is 2.13. The molecule has 0 saturated heterocycles. The Bertz CT molecular complexity index is 780. The predicted octanol–water partition coefficient (Wildman–Crippen LogP) is 3.09. The molecule has 0 fully saturated rings. The van der Waals surface area contributed by atoms with Gasteiger partial charge in [-0.25, -0.2) is 0 Å². The second-order valence-corrected chi connectivity index (χ2v) is 5.63. The van der Waals surface area contributed by atoms with Crippen molar-refractivity contribution in [2.75, 3.05) is 0 Å². The van der Waals surface area contributed by atoms with Crippen molar-refractivity contribution in [3.8, 4) is 0 Å². The van der Waals surface area contributed by atoms with Gasteiger partial charge < -0.3 is 0 Å². The summed E-state index contributed by atoms with van der Waals surface area (Å²) in [7, 11) is 0. The second-order valence-electron chi connectivity index (χ2n) is 4.34. The highest BCUT2D eigenvalue weighted by molar-refractivity contribution is 9.10. The first kappa shape index (κ1) is 16.9. The lowest BCUT2D eigenvalue weighted by molar-refractivity contribution is -0.384. The van der Waals surface area contributed by atoms with Crippen molar-refractivity contribution in [2.24, 2.45) is 0 Å². The lowest BCUT2D eigenvalue weighted by Gasteiger charge is -2.09. The molecule has 0 unspecified atom stereocenters. The van der Waals surface area contributed by atoms with Crippen molar-refractivity contribution in [1.82, 2.24) is 10.9 Å². The van der Waals surface area contributed by atoms with Gasteiger partial charge in [0.15, 0.2) is 0 Å². The van der Waals surface area contributed by atoms with Crippen LogP contribution in [0, 0.1) is 10.1 Å². The maximum Gasteiger partial charge on any atom is 0.270 e. The number of nitrogens with zero attached hydrogens (tertiary/aromatic N) is 1. The molecular formula is C14H9BrClN3O4. The van der Waals surface area contributed by atoms with E-state index in [-0.39, 0.29) is 16.8 Å². The van der Waals surface area contributed by atoms with Crippen LogP contribution >= 0.6 is 27.5 Å². The molecule has 0 aliphatic heterocycles. The Hall–Kier alpha value is -2.45. The van der Waals surface area contributed by atoms with E-state index in [1.165, 1.54) is 30.3 Å². The van der Waals surface area contributed by atoms with Gasteiger partial charge in [-0.3, -0.25) is 30.6 Å². The summed E-state index contributed by atoms with van der Waals surface area (Å²) in [6, 6.07) is 9.63. The van der Waals surface area contributed by atoms with Crippen LogP contribution in [-0.4, -0.2) is 16.7 Å². The number of carbonyl (C=O) groups is 2. The third-order valence-electron chi connectivity index (χ3n) is 2.80. The second kappa shape index (κ2) is 7.21. The smallest absolute Gasteiger partial charge is 0.267 e. The predicted molar refractivity (Wildman–Crippen MR) is 87.2 cm³/mol. The Labute approximate surface area is 143 Å². The number of hydrazine groups is 1. The molecule has 2 amide bonds. The number of carbonyl (C=O) groups excluding carboxylic acids is 2. The standard InChI is InChI=1S/C14H9BrClN3O4/c15-12-6-3-9(16)7-11(12)14(21)18-17-13(20)8-1-4-10(5-2-8)19(22)23/h1-7H,(H,17,20)(H,18,21). The largest absolute Gasteiger partial charge is 0.270 e. The zero-order valence-corrected chi connectivity index (χ0v) is 13.7. The molecule has 0 aliphatic rings. The Morgan fingerprint density at radius 1 is 1.04 bits per heavy atom. The molecular weight excluding hydrogens is 390 g/mol. The van der Waals surface area contributed by atoms with Crippen LogP contribution < -0.4 is 10.9 Å². The van der Waals surface area contributed by atoms with Crippen molar-refractivity contribution in [3.05, 3.63) is 73.2 Å². The zero-order chi connectivity index (χ0) is 17.0. The Morgan fingerprint density at radius 3 is 2.26 bits per heavy atom. The van der Waals surface area contributed by atoms with Gasteiger partial charge in [-0.2, -0.15) is 0 Å². The first-order chi connectivity index (χ1) is 10.9. The van der Waals surface area contributed by atoms with Gasteiger partial charge in [-0.1, -0.05) is 11.6 Å². The molecule has 0 aromatic heterocycles. The van der Waals surface area contributed by atoms with E-state index in [0.29, 0.717) is 9.50 Å². The summed E-state index contributed by atoms with van der Waals surface area (Å²) >= 11 is 9.03. The Kier molecular flexibility index (Phi) is 5.30. The normalized spacial score (nSPS) is 10.0. The van der Waals surface area contributed by atoms with E-state index in [9.17, 15) is 19.7 Å². The molecule has 0 saturated carbocycles. The molecule has 0 radical (unpaired) electrons. The SMILES string of the molecule is O=C(NNC(=O)c1cc(Cl)ccc1Br)c1ccc([N+](=O)[O-])cc1. The fourth-order valence-electron chi connectivity index (χ4n) is 1.66. The Balaban J connectivity index is 2.02. The highest BCUT2D eigenvalue weighted by atomic mass is 79.9. The molecule has 0 heterocycles. The number of rotatable bonds is 3. The van der Waals surface area contributed by atoms with Crippen molar-refractivity contribution in [1.29, 1.82) is 0 Å². The number of nitrogens with one attached hydrogen (secondary N) is 2. The molecule has 2 aromatic carbocycles. The van der Waals surface area contributed by atoms with E-state index >= 15 is 0 Å². The van der Waals surface area contributed by atoms with Crippen molar-refractivity contribution in [3.63, 3.8) is 0 Å². The molecule has 0 atom stereocenters. The van der Waals surface area contributed by atoms with Crippen molar-refractivity contribution >= 4 is 45.0 Å².